The van der Waals surface area contributed by atoms with E-state index >= 15 is 0 Å². The lowest BCUT2D eigenvalue weighted by Gasteiger charge is -2.14. The molecule has 1 aromatic rings. The molecular weight excluding hydrogens is 403 g/mol. The fraction of sp³-hybridized carbons (Fsp3) is 0.529. The number of amides is 1. The minimum absolute atomic E-state index is 0. The quantitative estimate of drug-likeness (QED) is 0.351. The van der Waals surface area contributed by atoms with Crippen LogP contribution in [0.2, 0.25) is 0 Å². The zero-order valence-corrected chi connectivity index (χ0v) is 16.8. The van der Waals surface area contributed by atoms with Crippen molar-refractivity contribution in [2.24, 2.45) is 4.99 Å². The van der Waals surface area contributed by atoms with E-state index in [1.165, 1.54) is 0 Å². The summed E-state index contributed by atoms with van der Waals surface area (Å²) in [6.07, 6.45) is 1.41. The summed E-state index contributed by atoms with van der Waals surface area (Å²) in [7, 11) is 0. The van der Waals surface area contributed by atoms with Crippen LogP contribution in [0.25, 0.3) is 0 Å². The predicted molar refractivity (Wildman–Crippen MR) is 108 cm³/mol. The van der Waals surface area contributed by atoms with E-state index in [0.717, 1.165) is 30.2 Å². The Morgan fingerprint density at radius 3 is 2.35 bits per heavy atom. The second-order valence-corrected chi connectivity index (χ2v) is 5.49. The number of rotatable bonds is 7. The molecule has 23 heavy (non-hydrogen) atoms. The summed E-state index contributed by atoms with van der Waals surface area (Å²) in [5.41, 5.74) is 1.94. The fourth-order valence-corrected chi connectivity index (χ4v) is 1.91. The molecule has 0 saturated carbocycles. The Morgan fingerprint density at radius 2 is 1.83 bits per heavy atom. The van der Waals surface area contributed by atoms with Gasteiger partial charge in [-0.1, -0.05) is 19.1 Å². The minimum Gasteiger partial charge on any atom is -0.357 e. The van der Waals surface area contributed by atoms with Crippen molar-refractivity contribution in [2.75, 3.05) is 11.9 Å². The number of hydrogen-bond donors (Lipinski definition) is 3. The first kappa shape index (κ1) is 21.7. The molecule has 0 heterocycles. The Labute approximate surface area is 156 Å². The highest BCUT2D eigenvalue weighted by Gasteiger charge is 2.02. The highest BCUT2D eigenvalue weighted by molar-refractivity contribution is 14.0. The van der Waals surface area contributed by atoms with E-state index in [9.17, 15) is 4.79 Å². The first-order valence-corrected chi connectivity index (χ1v) is 7.98. The van der Waals surface area contributed by atoms with E-state index in [2.05, 4.69) is 34.8 Å². The van der Waals surface area contributed by atoms with E-state index in [-0.39, 0.29) is 29.9 Å². The zero-order valence-electron chi connectivity index (χ0n) is 14.5. The Kier molecular flexibility index (Phi) is 11.5. The Bertz CT molecular complexity index is 486. The Balaban J connectivity index is 0.00000484. The van der Waals surface area contributed by atoms with Crippen molar-refractivity contribution in [3.8, 4) is 0 Å². The molecule has 3 N–H and O–H groups in total. The Hall–Kier alpha value is -1.31. The maximum absolute atomic E-state index is 11.5. The summed E-state index contributed by atoms with van der Waals surface area (Å²) in [6.45, 7) is 9.65. The number of guanidine groups is 1. The van der Waals surface area contributed by atoms with E-state index in [1.807, 2.05) is 38.1 Å². The summed E-state index contributed by atoms with van der Waals surface area (Å²) >= 11 is 0. The number of aliphatic imine (C=N–C) groups is 1. The molecule has 0 atom stereocenters. The summed E-state index contributed by atoms with van der Waals surface area (Å²) in [4.78, 5) is 16.1. The van der Waals surface area contributed by atoms with Gasteiger partial charge in [0.2, 0.25) is 5.91 Å². The lowest BCUT2D eigenvalue weighted by Crippen LogP contribution is -2.40. The van der Waals surface area contributed by atoms with Gasteiger partial charge in [0.05, 0.1) is 6.54 Å². The summed E-state index contributed by atoms with van der Waals surface area (Å²) in [5, 5.41) is 9.38. The highest BCUT2D eigenvalue weighted by atomic mass is 127. The molecule has 0 radical (unpaired) electrons. The summed E-state index contributed by atoms with van der Waals surface area (Å²) in [5.74, 6) is 0.877. The number of anilines is 1. The molecule has 0 spiro atoms. The maximum Gasteiger partial charge on any atom is 0.224 e. The monoisotopic (exact) mass is 432 g/mol. The third-order valence-electron chi connectivity index (χ3n) is 2.90. The number of nitrogens with zero attached hydrogens (tertiary/aromatic N) is 1. The molecule has 0 aliphatic carbocycles. The van der Waals surface area contributed by atoms with Crippen LogP contribution in [-0.4, -0.2) is 24.5 Å². The molecule has 0 aromatic heterocycles. The fourth-order valence-electron chi connectivity index (χ4n) is 1.91. The maximum atomic E-state index is 11.5. The zero-order chi connectivity index (χ0) is 16.4. The molecule has 0 saturated heterocycles. The normalized spacial score (nSPS) is 10.9. The molecule has 6 heteroatoms. The van der Waals surface area contributed by atoms with Crippen LogP contribution in [0.1, 0.15) is 46.1 Å². The second-order valence-electron chi connectivity index (χ2n) is 5.49. The highest BCUT2D eigenvalue weighted by Crippen LogP contribution is 2.11. The van der Waals surface area contributed by atoms with Gasteiger partial charge >= 0.3 is 0 Å². The van der Waals surface area contributed by atoms with Gasteiger partial charge < -0.3 is 16.0 Å². The van der Waals surface area contributed by atoms with E-state index in [0.29, 0.717) is 19.0 Å². The van der Waals surface area contributed by atoms with Crippen LogP contribution < -0.4 is 16.0 Å². The third-order valence-corrected chi connectivity index (χ3v) is 2.90. The topological polar surface area (TPSA) is 65.5 Å². The predicted octanol–water partition coefficient (Wildman–Crippen LogP) is 3.51. The van der Waals surface area contributed by atoms with Crippen LogP contribution in [0.4, 0.5) is 5.69 Å². The van der Waals surface area contributed by atoms with Crippen LogP contribution in [0.3, 0.4) is 0 Å². The molecule has 5 nitrogen and oxygen atoms in total. The minimum atomic E-state index is 0. The average molecular weight is 432 g/mol. The lowest BCUT2D eigenvalue weighted by atomic mass is 10.2. The molecular formula is C17H29IN4O. The number of benzene rings is 1. The number of carbonyl (C=O) groups excluding carboxylic acids is 1. The molecule has 1 rings (SSSR count). The van der Waals surface area contributed by atoms with Crippen LogP contribution in [0.15, 0.2) is 29.3 Å². The molecule has 0 unspecified atom stereocenters. The van der Waals surface area contributed by atoms with Crippen molar-refractivity contribution >= 4 is 41.5 Å². The largest absolute Gasteiger partial charge is 0.357 e. The first-order chi connectivity index (χ1) is 10.5. The summed E-state index contributed by atoms with van der Waals surface area (Å²) in [6, 6.07) is 8.16. The van der Waals surface area contributed by atoms with Gasteiger partial charge in [-0.25, -0.2) is 4.99 Å². The molecule has 1 aromatic carbocycles. The van der Waals surface area contributed by atoms with Crippen molar-refractivity contribution in [3.63, 3.8) is 0 Å². The molecule has 0 bridgehead atoms. The molecule has 130 valence electrons. The van der Waals surface area contributed by atoms with Gasteiger partial charge in [0.15, 0.2) is 5.96 Å². The smallest absolute Gasteiger partial charge is 0.224 e. The SMILES string of the molecule is CCCC(=O)Nc1ccc(CN=C(NCC)NC(C)C)cc1.I. The number of nitrogens with one attached hydrogen (secondary N) is 3. The van der Waals surface area contributed by atoms with Crippen LogP contribution >= 0.6 is 24.0 Å². The second kappa shape index (κ2) is 12.2. The van der Waals surface area contributed by atoms with Crippen LogP contribution in [0.5, 0.6) is 0 Å². The third kappa shape index (κ3) is 9.43. The molecule has 0 aliphatic heterocycles. The van der Waals surface area contributed by atoms with Crippen molar-refractivity contribution in [2.45, 2.75) is 53.1 Å². The van der Waals surface area contributed by atoms with Gasteiger partial charge in [0, 0.05) is 24.7 Å². The Morgan fingerprint density at radius 1 is 1.17 bits per heavy atom. The summed E-state index contributed by atoms with van der Waals surface area (Å²) < 4.78 is 0. The molecule has 0 aliphatic rings. The average Bonchev–Trinajstić information content (AvgIpc) is 2.46. The lowest BCUT2D eigenvalue weighted by molar-refractivity contribution is -0.116. The number of carbonyl (C=O) groups is 1. The first-order valence-electron chi connectivity index (χ1n) is 7.98. The van der Waals surface area contributed by atoms with Gasteiger partial charge in [-0.15, -0.1) is 24.0 Å². The van der Waals surface area contributed by atoms with E-state index in [4.69, 9.17) is 0 Å². The van der Waals surface area contributed by atoms with Crippen molar-refractivity contribution in [1.29, 1.82) is 0 Å². The van der Waals surface area contributed by atoms with Gasteiger partial charge in [0.1, 0.15) is 0 Å². The van der Waals surface area contributed by atoms with Gasteiger partial charge in [0.25, 0.3) is 0 Å². The number of hydrogen-bond acceptors (Lipinski definition) is 2. The standard InChI is InChI=1S/C17H28N4O.HI/c1-5-7-16(22)21-15-10-8-14(9-11-15)12-19-17(18-6-2)20-13(3)4;/h8-11,13H,5-7,12H2,1-4H3,(H,21,22)(H2,18,19,20);1H. The van der Waals surface area contributed by atoms with E-state index < -0.39 is 0 Å². The van der Waals surface area contributed by atoms with Gasteiger partial charge in [-0.3, -0.25) is 4.79 Å². The van der Waals surface area contributed by atoms with Crippen molar-refractivity contribution in [1.82, 2.24) is 10.6 Å². The van der Waals surface area contributed by atoms with Crippen LogP contribution in [0, 0.1) is 0 Å². The van der Waals surface area contributed by atoms with Crippen molar-refractivity contribution < 1.29 is 4.79 Å². The molecule has 1 amide bonds. The number of halogens is 1. The van der Waals surface area contributed by atoms with Gasteiger partial charge in [-0.05, 0) is 44.9 Å². The molecule has 0 fully saturated rings. The van der Waals surface area contributed by atoms with Crippen molar-refractivity contribution in [3.05, 3.63) is 29.8 Å². The van der Waals surface area contributed by atoms with Gasteiger partial charge in [-0.2, -0.15) is 0 Å². The van der Waals surface area contributed by atoms with Crippen LogP contribution in [-0.2, 0) is 11.3 Å². The van der Waals surface area contributed by atoms with E-state index in [1.54, 1.807) is 0 Å².